The summed E-state index contributed by atoms with van der Waals surface area (Å²) in [5.41, 5.74) is 4.67. The molecule has 0 aliphatic carbocycles. The number of thiocarbonyl (C=S) groups is 1. The third kappa shape index (κ3) is 5.38. The zero-order valence-corrected chi connectivity index (χ0v) is 22.1. The molecule has 0 radical (unpaired) electrons. The Kier molecular flexibility index (Phi) is 7.26. The number of rotatable bonds is 7. The second kappa shape index (κ2) is 10.7. The second-order valence-electron chi connectivity index (χ2n) is 9.09. The van der Waals surface area contributed by atoms with Crippen molar-refractivity contribution < 1.29 is 9.21 Å². The largest absolute Gasteiger partial charge is 0.459 e. The summed E-state index contributed by atoms with van der Waals surface area (Å²) in [6.07, 6.45) is 2.03. The van der Waals surface area contributed by atoms with Crippen molar-refractivity contribution in [2.45, 2.75) is 32.4 Å². The first-order valence-corrected chi connectivity index (χ1v) is 12.9. The van der Waals surface area contributed by atoms with E-state index in [0.717, 1.165) is 39.6 Å². The van der Waals surface area contributed by atoms with Gasteiger partial charge in [0.1, 0.15) is 17.6 Å². The molecule has 8 heteroatoms. The lowest BCUT2D eigenvalue weighted by Gasteiger charge is -2.26. The normalized spacial score (nSPS) is 17.1. The SMILES string of the molecule is Cc1ccccc1NC(=O)CCN1C(=S)N[C@H](c2ccccn2)[C@H]1c1ccc(-c2cc(Cl)ccc2C)o1. The fourth-order valence-corrected chi connectivity index (χ4v) is 5.12. The van der Waals surface area contributed by atoms with E-state index >= 15 is 0 Å². The van der Waals surface area contributed by atoms with Crippen LogP contribution in [0.25, 0.3) is 11.3 Å². The molecule has 2 atom stereocenters. The first-order valence-electron chi connectivity index (χ1n) is 12.1. The molecule has 0 bridgehead atoms. The van der Waals surface area contributed by atoms with Gasteiger partial charge in [-0.1, -0.05) is 41.9 Å². The summed E-state index contributed by atoms with van der Waals surface area (Å²) in [4.78, 5) is 19.4. The van der Waals surface area contributed by atoms with Gasteiger partial charge >= 0.3 is 0 Å². The number of halogens is 1. The van der Waals surface area contributed by atoms with Crippen molar-refractivity contribution in [3.8, 4) is 11.3 Å². The molecule has 2 aromatic heterocycles. The molecule has 3 heterocycles. The van der Waals surface area contributed by atoms with Crippen LogP contribution < -0.4 is 10.6 Å². The summed E-state index contributed by atoms with van der Waals surface area (Å²) in [6.45, 7) is 4.42. The van der Waals surface area contributed by atoms with E-state index in [9.17, 15) is 4.79 Å². The summed E-state index contributed by atoms with van der Waals surface area (Å²) in [5.74, 6) is 1.38. The number of pyridine rings is 1. The summed E-state index contributed by atoms with van der Waals surface area (Å²) in [6, 6.07) is 22.7. The van der Waals surface area contributed by atoms with Crippen LogP contribution in [0.4, 0.5) is 5.69 Å². The van der Waals surface area contributed by atoms with Crippen LogP contribution in [-0.2, 0) is 4.79 Å². The smallest absolute Gasteiger partial charge is 0.226 e. The quantitative estimate of drug-likeness (QED) is 0.262. The number of hydrogen-bond acceptors (Lipinski definition) is 4. The van der Waals surface area contributed by atoms with Crippen LogP contribution >= 0.6 is 23.8 Å². The molecule has 0 spiro atoms. The topological polar surface area (TPSA) is 70.4 Å². The van der Waals surface area contributed by atoms with E-state index in [1.165, 1.54) is 0 Å². The van der Waals surface area contributed by atoms with Crippen molar-refractivity contribution in [1.29, 1.82) is 0 Å². The molecule has 188 valence electrons. The van der Waals surface area contributed by atoms with Crippen LogP contribution in [0.2, 0.25) is 5.02 Å². The number of furan rings is 1. The first kappa shape index (κ1) is 25.0. The highest BCUT2D eigenvalue weighted by atomic mass is 35.5. The van der Waals surface area contributed by atoms with E-state index < -0.39 is 0 Å². The lowest BCUT2D eigenvalue weighted by atomic mass is 10.0. The van der Waals surface area contributed by atoms with Crippen molar-refractivity contribution in [3.63, 3.8) is 0 Å². The maximum Gasteiger partial charge on any atom is 0.226 e. The number of para-hydroxylation sites is 1. The Hall–Kier alpha value is -3.68. The predicted molar refractivity (Wildman–Crippen MR) is 150 cm³/mol. The van der Waals surface area contributed by atoms with Gasteiger partial charge < -0.3 is 20.0 Å². The van der Waals surface area contributed by atoms with Crippen LogP contribution in [-0.4, -0.2) is 27.4 Å². The van der Waals surface area contributed by atoms with Crippen molar-refractivity contribution in [2.75, 3.05) is 11.9 Å². The fraction of sp³-hybridized carbons (Fsp3) is 0.207. The van der Waals surface area contributed by atoms with Crippen LogP contribution in [0.15, 0.2) is 83.4 Å². The van der Waals surface area contributed by atoms with Gasteiger partial charge in [0, 0.05) is 35.4 Å². The minimum absolute atomic E-state index is 0.0770. The Morgan fingerprint density at radius 2 is 1.89 bits per heavy atom. The van der Waals surface area contributed by atoms with Crippen molar-refractivity contribution in [2.24, 2.45) is 0 Å². The number of nitrogens with zero attached hydrogens (tertiary/aromatic N) is 2. The van der Waals surface area contributed by atoms with E-state index in [1.54, 1.807) is 6.20 Å². The van der Waals surface area contributed by atoms with Crippen molar-refractivity contribution >= 4 is 40.5 Å². The second-order valence-corrected chi connectivity index (χ2v) is 9.92. The van der Waals surface area contributed by atoms with Crippen LogP contribution in [0.1, 0.15) is 41.1 Å². The van der Waals surface area contributed by atoms with Crippen LogP contribution in [0.3, 0.4) is 0 Å². The van der Waals surface area contributed by atoms with E-state index in [0.29, 0.717) is 16.7 Å². The Bertz CT molecular complexity index is 1440. The van der Waals surface area contributed by atoms with Gasteiger partial charge in [-0.2, -0.15) is 0 Å². The van der Waals surface area contributed by atoms with Crippen LogP contribution in [0.5, 0.6) is 0 Å². The number of carbonyl (C=O) groups excluding carboxylic acids is 1. The Balaban J connectivity index is 1.42. The molecule has 2 aromatic carbocycles. The van der Waals surface area contributed by atoms with Gasteiger partial charge in [0.05, 0.1) is 11.7 Å². The summed E-state index contributed by atoms with van der Waals surface area (Å²) < 4.78 is 6.41. The number of hydrogen-bond donors (Lipinski definition) is 2. The van der Waals surface area contributed by atoms with Gasteiger partial charge in [0.2, 0.25) is 5.91 Å². The number of aromatic nitrogens is 1. The third-order valence-corrected chi connectivity index (χ3v) is 7.17. The van der Waals surface area contributed by atoms with Crippen LogP contribution in [0, 0.1) is 13.8 Å². The standard InChI is InChI=1S/C29H27ClN4O2S/c1-18-10-11-20(30)17-21(18)24-12-13-25(36-24)28-27(23-9-5-6-15-31-23)33-29(37)34(28)16-14-26(35)32-22-8-4-3-7-19(22)2/h3-13,15,17,27-28H,14,16H2,1-2H3,(H,32,35)(H,33,37)/t27-,28-/m1/s1. The molecule has 5 rings (SSSR count). The molecule has 0 unspecified atom stereocenters. The zero-order valence-electron chi connectivity index (χ0n) is 20.6. The number of anilines is 1. The average molecular weight is 531 g/mol. The maximum absolute atomic E-state index is 12.8. The minimum atomic E-state index is -0.276. The first-order chi connectivity index (χ1) is 17.9. The number of aryl methyl sites for hydroxylation is 2. The van der Waals surface area contributed by atoms with E-state index in [1.807, 2.05) is 91.5 Å². The molecule has 37 heavy (non-hydrogen) atoms. The van der Waals surface area contributed by atoms with E-state index in [4.69, 9.17) is 28.2 Å². The van der Waals surface area contributed by atoms with Crippen molar-refractivity contribution in [1.82, 2.24) is 15.2 Å². The van der Waals surface area contributed by atoms with Gasteiger partial charge in [-0.05, 0) is 79.7 Å². The molecule has 1 saturated heterocycles. The van der Waals surface area contributed by atoms with Gasteiger partial charge in [0.15, 0.2) is 5.11 Å². The van der Waals surface area contributed by atoms with Gasteiger partial charge in [-0.15, -0.1) is 0 Å². The monoisotopic (exact) mass is 530 g/mol. The molecule has 2 N–H and O–H groups in total. The predicted octanol–water partition coefficient (Wildman–Crippen LogP) is 6.61. The Labute approximate surface area is 226 Å². The molecule has 1 aliphatic heterocycles. The van der Waals surface area contributed by atoms with Gasteiger partial charge in [-0.3, -0.25) is 9.78 Å². The Morgan fingerprint density at radius 3 is 2.68 bits per heavy atom. The number of benzene rings is 2. The minimum Gasteiger partial charge on any atom is -0.459 e. The highest BCUT2D eigenvalue weighted by Gasteiger charge is 2.41. The zero-order chi connectivity index (χ0) is 25.9. The lowest BCUT2D eigenvalue weighted by molar-refractivity contribution is -0.116. The summed E-state index contributed by atoms with van der Waals surface area (Å²) in [5, 5.41) is 7.61. The van der Waals surface area contributed by atoms with E-state index in [-0.39, 0.29) is 24.4 Å². The van der Waals surface area contributed by atoms with Gasteiger partial charge in [0.25, 0.3) is 0 Å². The summed E-state index contributed by atoms with van der Waals surface area (Å²) in [7, 11) is 0. The molecule has 6 nitrogen and oxygen atoms in total. The average Bonchev–Trinajstić information content (AvgIpc) is 3.50. The number of carbonyl (C=O) groups is 1. The third-order valence-electron chi connectivity index (χ3n) is 6.58. The highest BCUT2D eigenvalue weighted by Crippen LogP contribution is 2.41. The number of nitrogens with one attached hydrogen (secondary N) is 2. The summed E-state index contributed by atoms with van der Waals surface area (Å²) >= 11 is 12.0. The Morgan fingerprint density at radius 1 is 1.08 bits per heavy atom. The molecular formula is C29H27ClN4O2S. The molecule has 1 fully saturated rings. The fourth-order valence-electron chi connectivity index (χ4n) is 4.62. The molecular weight excluding hydrogens is 504 g/mol. The molecule has 0 saturated carbocycles. The maximum atomic E-state index is 12.8. The van der Waals surface area contributed by atoms with Gasteiger partial charge in [-0.25, -0.2) is 0 Å². The molecule has 1 aliphatic rings. The number of amides is 1. The molecule has 1 amide bonds. The highest BCUT2D eigenvalue weighted by molar-refractivity contribution is 7.80. The van der Waals surface area contributed by atoms with Crippen molar-refractivity contribution in [3.05, 3.63) is 107 Å². The van der Waals surface area contributed by atoms with E-state index in [2.05, 4.69) is 15.6 Å². The lowest BCUT2D eigenvalue weighted by Crippen LogP contribution is -2.32. The molecule has 4 aromatic rings.